The molecular formula is C19H30O3. The number of carbonyl (C=O) groups excluding carboxylic acids is 1. The van der Waals surface area contributed by atoms with Crippen molar-refractivity contribution in [2.45, 2.75) is 72.1 Å². The molecule has 0 aliphatic rings. The minimum Gasteiger partial charge on any atom is -0.507 e. The minimum atomic E-state index is -0.193. The van der Waals surface area contributed by atoms with Gasteiger partial charge in [0, 0.05) is 0 Å². The van der Waals surface area contributed by atoms with Gasteiger partial charge in [-0.1, -0.05) is 59.1 Å². The maximum Gasteiger partial charge on any atom is 0.310 e. The topological polar surface area (TPSA) is 46.5 Å². The summed E-state index contributed by atoms with van der Waals surface area (Å²) in [6.07, 6.45) is 4.66. The van der Waals surface area contributed by atoms with E-state index in [4.69, 9.17) is 4.74 Å². The molecule has 0 atom stereocenters. The fourth-order valence-electron chi connectivity index (χ4n) is 2.46. The van der Waals surface area contributed by atoms with Crippen molar-refractivity contribution < 1.29 is 14.6 Å². The number of esters is 1. The fourth-order valence-corrected chi connectivity index (χ4v) is 2.46. The number of rotatable bonds is 7. The number of hydrogen-bond acceptors (Lipinski definition) is 3. The largest absolute Gasteiger partial charge is 0.507 e. The van der Waals surface area contributed by atoms with E-state index >= 15 is 0 Å². The number of benzene rings is 1. The first-order valence-corrected chi connectivity index (χ1v) is 8.24. The first kappa shape index (κ1) is 18.5. The maximum absolute atomic E-state index is 11.9. The number of hydrogen-bond donors (Lipinski definition) is 1. The van der Waals surface area contributed by atoms with E-state index in [0.717, 1.165) is 29.5 Å². The molecule has 0 bridgehead atoms. The maximum atomic E-state index is 11.9. The Bertz CT molecular complexity index is 498. The highest BCUT2D eigenvalue weighted by Gasteiger charge is 2.20. The zero-order chi connectivity index (χ0) is 16.8. The molecule has 3 heteroatoms. The van der Waals surface area contributed by atoms with Gasteiger partial charge in [0.2, 0.25) is 0 Å². The van der Waals surface area contributed by atoms with E-state index in [2.05, 4.69) is 27.7 Å². The molecule has 0 heterocycles. The third-order valence-corrected chi connectivity index (χ3v) is 3.78. The highest BCUT2D eigenvalue weighted by Crippen LogP contribution is 2.34. The summed E-state index contributed by atoms with van der Waals surface area (Å²) in [7, 11) is 0. The Kier molecular flexibility index (Phi) is 6.92. The quantitative estimate of drug-likeness (QED) is 0.588. The third kappa shape index (κ3) is 5.70. The molecule has 0 unspecified atom stereocenters. The van der Waals surface area contributed by atoms with Gasteiger partial charge in [0.25, 0.3) is 0 Å². The first-order chi connectivity index (χ1) is 10.3. The van der Waals surface area contributed by atoms with E-state index in [9.17, 15) is 9.90 Å². The summed E-state index contributed by atoms with van der Waals surface area (Å²) >= 11 is 0. The lowest BCUT2D eigenvalue weighted by molar-refractivity contribution is -0.142. The Hall–Kier alpha value is -1.51. The van der Waals surface area contributed by atoms with Gasteiger partial charge in [-0.3, -0.25) is 4.79 Å². The van der Waals surface area contributed by atoms with Crippen LogP contribution in [0, 0.1) is 6.92 Å². The van der Waals surface area contributed by atoms with E-state index in [1.54, 1.807) is 0 Å². The number of carbonyl (C=O) groups is 1. The smallest absolute Gasteiger partial charge is 0.310 e. The van der Waals surface area contributed by atoms with Crippen molar-refractivity contribution in [1.29, 1.82) is 0 Å². The SMILES string of the molecule is CCCCCCOC(=O)Cc1cc(C)c(O)c(C(C)(C)C)c1. The number of aromatic hydroxyl groups is 1. The van der Waals surface area contributed by atoms with Crippen LogP contribution in [0.3, 0.4) is 0 Å². The summed E-state index contributed by atoms with van der Waals surface area (Å²) in [6, 6.07) is 3.78. The van der Waals surface area contributed by atoms with Gasteiger partial charge in [0.15, 0.2) is 0 Å². The van der Waals surface area contributed by atoms with Gasteiger partial charge in [-0.25, -0.2) is 0 Å². The Balaban J connectivity index is 2.66. The summed E-state index contributed by atoms with van der Waals surface area (Å²) in [5.41, 5.74) is 2.42. The van der Waals surface area contributed by atoms with Crippen molar-refractivity contribution in [3.05, 3.63) is 28.8 Å². The van der Waals surface area contributed by atoms with Gasteiger partial charge in [0.05, 0.1) is 13.0 Å². The summed E-state index contributed by atoms with van der Waals surface area (Å²) in [5.74, 6) is 0.130. The standard InChI is InChI=1S/C19H30O3/c1-6-7-8-9-10-22-17(20)13-15-11-14(2)18(21)16(12-15)19(3,4)5/h11-12,21H,6-10,13H2,1-5H3. The van der Waals surface area contributed by atoms with Gasteiger partial charge < -0.3 is 9.84 Å². The second-order valence-electron chi connectivity index (χ2n) is 7.02. The summed E-state index contributed by atoms with van der Waals surface area (Å²) < 4.78 is 5.29. The number of unbranched alkanes of at least 4 members (excludes halogenated alkanes) is 3. The molecule has 0 aliphatic carbocycles. The third-order valence-electron chi connectivity index (χ3n) is 3.78. The number of aryl methyl sites for hydroxylation is 1. The second-order valence-corrected chi connectivity index (χ2v) is 7.02. The van der Waals surface area contributed by atoms with Crippen LogP contribution in [0.4, 0.5) is 0 Å². The van der Waals surface area contributed by atoms with E-state index in [1.807, 2.05) is 19.1 Å². The zero-order valence-electron chi connectivity index (χ0n) is 14.7. The van der Waals surface area contributed by atoms with E-state index in [0.29, 0.717) is 12.4 Å². The van der Waals surface area contributed by atoms with Crippen LogP contribution in [0.15, 0.2) is 12.1 Å². The number of phenols is 1. The normalized spacial score (nSPS) is 11.5. The van der Waals surface area contributed by atoms with Crippen LogP contribution in [0.25, 0.3) is 0 Å². The van der Waals surface area contributed by atoms with Gasteiger partial charge in [0.1, 0.15) is 5.75 Å². The average Bonchev–Trinajstić information content (AvgIpc) is 2.41. The van der Waals surface area contributed by atoms with Crippen LogP contribution in [0.1, 0.15) is 70.1 Å². The second kappa shape index (κ2) is 8.21. The molecule has 0 saturated heterocycles. The lowest BCUT2D eigenvalue weighted by Crippen LogP contribution is -2.14. The van der Waals surface area contributed by atoms with E-state index < -0.39 is 0 Å². The molecule has 1 rings (SSSR count). The van der Waals surface area contributed by atoms with Crippen LogP contribution in [0.2, 0.25) is 0 Å². The van der Waals surface area contributed by atoms with Crippen LogP contribution in [-0.4, -0.2) is 17.7 Å². The Morgan fingerprint density at radius 3 is 2.45 bits per heavy atom. The molecule has 1 aromatic rings. The van der Waals surface area contributed by atoms with Crippen molar-refractivity contribution in [2.75, 3.05) is 6.61 Å². The van der Waals surface area contributed by atoms with Gasteiger partial charge in [-0.2, -0.15) is 0 Å². The predicted molar refractivity (Wildman–Crippen MR) is 90.3 cm³/mol. The Labute approximate surface area is 134 Å². The summed E-state index contributed by atoms with van der Waals surface area (Å²) in [5, 5.41) is 10.2. The molecule has 3 nitrogen and oxygen atoms in total. The first-order valence-electron chi connectivity index (χ1n) is 8.24. The molecule has 22 heavy (non-hydrogen) atoms. The van der Waals surface area contributed by atoms with Crippen LogP contribution < -0.4 is 0 Å². The van der Waals surface area contributed by atoms with E-state index in [1.165, 1.54) is 12.8 Å². The van der Waals surface area contributed by atoms with Crippen molar-refractivity contribution in [3.8, 4) is 5.75 Å². The molecule has 0 aromatic heterocycles. The Morgan fingerprint density at radius 2 is 1.86 bits per heavy atom. The van der Waals surface area contributed by atoms with E-state index in [-0.39, 0.29) is 17.8 Å². The molecule has 1 N–H and O–H groups in total. The molecule has 124 valence electrons. The summed E-state index contributed by atoms with van der Waals surface area (Å²) in [4.78, 5) is 11.9. The molecule has 0 radical (unpaired) electrons. The highest BCUT2D eigenvalue weighted by molar-refractivity contribution is 5.73. The average molecular weight is 306 g/mol. The molecule has 0 amide bonds. The van der Waals surface area contributed by atoms with Crippen molar-refractivity contribution >= 4 is 5.97 Å². The van der Waals surface area contributed by atoms with Crippen molar-refractivity contribution in [1.82, 2.24) is 0 Å². The lowest BCUT2D eigenvalue weighted by atomic mass is 9.84. The fraction of sp³-hybridized carbons (Fsp3) is 0.632. The monoisotopic (exact) mass is 306 g/mol. The lowest BCUT2D eigenvalue weighted by Gasteiger charge is -2.22. The zero-order valence-corrected chi connectivity index (χ0v) is 14.7. The number of phenolic OH excluding ortho intramolecular Hbond substituents is 1. The van der Waals surface area contributed by atoms with Crippen LogP contribution in [0.5, 0.6) is 5.75 Å². The predicted octanol–water partition coefficient (Wildman–Crippen LogP) is 4.66. The van der Waals surface area contributed by atoms with Crippen molar-refractivity contribution in [2.24, 2.45) is 0 Å². The van der Waals surface area contributed by atoms with Gasteiger partial charge in [-0.05, 0) is 35.4 Å². The molecule has 0 saturated carbocycles. The molecular weight excluding hydrogens is 276 g/mol. The van der Waals surface area contributed by atoms with Crippen LogP contribution in [-0.2, 0) is 21.4 Å². The molecule has 0 aliphatic heterocycles. The Morgan fingerprint density at radius 1 is 1.18 bits per heavy atom. The highest BCUT2D eigenvalue weighted by atomic mass is 16.5. The van der Waals surface area contributed by atoms with Crippen molar-refractivity contribution in [3.63, 3.8) is 0 Å². The summed E-state index contributed by atoms with van der Waals surface area (Å²) in [6.45, 7) is 10.7. The molecule has 0 spiro atoms. The molecule has 1 aromatic carbocycles. The van der Waals surface area contributed by atoms with Gasteiger partial charge in [-0.15, -0.1) is 0 Å². The number of ether oxygens (including phenoxy) is 1. The van der Waals surface area contributed by atoms with Crippen LogP contribution >= 0.6 is 0 Å². The minimum absolute atomic E-state index is 0.158. The molecule has 0 fully saturated rings. The van der Waals surface area contributed by atoms with Gasteiger partial charge >= 0.3 is 5.97 Å².